The summed E-state index contributed by atoms with van der Waals surface area (Å²) >= 11 is 0. The third-order valence-corrected chi connectivity index (χ3v) is 4.56. The Hall–Kier alpha value is -2.00. The normalized spacial score (nSPS) is 15.1. The maximum atomic E-state index is 5.99. The quantitative estimate of drug-likeness (QED) is 0.209. The van der Waals surface area contributed by atoms with Gasteiger partial charge in [0, 0.05) is 32.3 Å². The van der Waals surface area contributed by atoms with Crippen molar-refractivity contribution >= 4 is 35.6 Å². The van der Waals surface area contributed by atoms with Gasteiger partial charge in [0.1, 0.15) is 11.9 Å². The Kier molecular flexibility index (Phi) is 10.1. The van der Waals surface area contributed by atoms with Gasteiger partial charge >= 0.3 is 0 Å². The summed E-state index contributed by atoms with van der Waals surface area (Å²) in [4.78, 5) is 4.70. The van der Waals surface area contributed by atoms with Crippen LogP contribution in [0.1, 0.15) is 18.1 Å². The fourth-order valence-corrected chi connectivity index (χ4v) is 3.12. The number of anilines is 1. The van der Waals surface area contributed by atoms with E-state index in [0.29, 0.717) is 13.2 Å². The standard InChI is InChI=1S/C22H30N4O2.HI/c1-3-23-22(26-16-20-14-18-6-4-5-7-21(18)28-20)25-15-17-8-10-19(11-9-17)24-12-13-27-2;/h4-11,20,24H,3,12-16H2,1-2H3,(H2,23,25,26);1H. The topological polar surface area (TPSA) is 66.9 Å². The van der Waals surface area contributed by atoms with Crippen molar-refractivity contribution < 1.29 is 9.47 Å². The largest absolute Gasteiger partial charge is 0.488 e. The number of methoxy groups -OCH3 is 1. The number of ether oxygens (including phenoxy) is 2. The third-order valence-electron chi connectivity index (χ3n) is 4.56. The molecule has 1 aliphatic rings. The third kappa shape index (κ3) is 7.40. The van der Waals surface area contributed by atoms with Gasteiger partial charge in [-0.05, 0) is 36.2 Å². The Balaban J connectivity index is 0.00000300. The lowest BCUT2D eigenvalue weighted by atomic mass is 10.1. The molecule has 0 spiro atoms. The zero-order valence-corrected chi connectivity index (χ0v) is 19.4. The Morgan fingerprint density at radius 1 is 1.14 bits per heavy atom. The minimum absolute atomic E-state index is 0. The van der Waals surface area contributed by atoms with Gasteiger partial charge in [-0.25, -0.2) is 4.99 Å². The number of nitrogens with zero attached hydrogens (tertiary/aromatic N) is 1. The van der Waals surface area contributed by atoms with E-state index in [9.17, 15) is 0 Å². The molecule has 0 aromatic heterocycles. The maximum Gasteiger partial charge on any atom is 0.191 e. The SMILES string of the molecule is CCNC(=NCc1ccc(NCCOC)cc1)NCC1Cc2ccccc2O1.I. The first kappa shape index (κ1) is 23.3. The van der Waals surface area contributed by atoms with Crippen molar-refractivity contribution in [2.75, 3.05) is 38.7 Å². The van der Waals surface area contributed by atoms with Crippen molar-refractivity contribution in [1.29, 1.82) is 0 Å². The molecule has 6 nitrogen and oxygen atoms in total. The van der Waals surface area contributed by atoms with Crippen LogP contribution in [0.5, 0.6) is 5.75 Å². The van der Waals surface area contributed by atoms with Gasteiger partial charge in [0.15, 0.2) is 5.96 Å². The fourth-order valence-electron chi connectivity index (χ4n) is 3.12. The van der Waals surface area contributed by atoms with Crippen LogP contribution in [0.25, 0.3) is 0 Å². The molecule has 0 fully saturated rings. The van der Waals surface area contributed by atoms with E-state index in [-0.39, 0.29) is 30.1 Å². The molecule has 1 atom stereocenters. The van der Waals surface area contributed by atoms with Crippen molar-refractivity contribution in [2.45, 2.75) is 26.0 Å². The minimum atomic E-state index is 0. The van der Waals surface area contributed by atoms with Crippen LogP contribution in [0.15, 0.2) is 53.5 Å². The molecule has 3 N–H and O–H groups in total. The van der Waals surface area contributed by atoms with E-state index in [1.165, 1.54) is 11.1 Å². The second kappa shape index (κ2) is 12.5. The highest BCUT2D eigenvalue weighted by atomic mass is 127. The number of nitrogens with one attached hydrogen (secondary N) is 3. The van der Waals surface area contributed by atoms with Gasteiger partial charge in [0.25, 0.3) is 0 Å². The zero-order chi connectivity index (χ0) is 19.6. The molecule has 0 aliphatic carbocycles. The Morgan fingerprint density at radius 3 is 2.66 bits per heavy atom. The summed E-state index contributed by atoms with van der Waals surface area (Å²) in [5.41, 5.74) is 3.53. The number of hydrogen-bond donors (Lipinski definition) is 3. The molecule has 0 radical (unpaired) electrons. The lowest BCUT2D eigenvalue weighted by Crippen LogP contribution is -2.42. The summed E-state index contributed by atoms with van der Waals surface area (Å²) in [5.74, 6) is 1.81. The van der Waals surface area contributed by atoms with Crippen molar-refractivity contribution in [3.8, 4) is 5.75 Å². The Morgan fingerprint density at radius 2 is 1.93 bits per heavy atom. The lowest BCUT2D eigenvalue weighted by molar-refractivity contribution is 0.211. The minimum Gasteiger partial charge on any atom is -0.488 e. The van der Waals surface area contributed by atoms with Gasteiger partial charge in [0.05, 0.1) is 19.7 Å². The number of aliphatic imine (C=N–C) groups is 1. The van der Waals surface area contributed by atoms with E-state index in [0.717, 1.165) is 43.5 Å². The number of rotatable bonds is 9. The lowest BCUT2D eigenvalue weighted by Gasteiger charge is -2.15. The predicted octanol–water partition coefficient (Wildman–Crippen LogP) is 3.42. The van der Waals surface area contributed by atoms with E-state index in [2.05, 4.69) is 59.3 Å². The van der Waals surface area contributed by atoms with E-state index >= 15 is 0 Å². The summed E-state index contributed by atoms with van der Waals surface area (Å²) in [6.45, 7) is 5.73. The van der Waals surface area contributed by atoms with Crippen molar-refractivity contribution in [3.63, 3.8) is 0 Å². The monoisotopic (exact) mass is 510 g/mol. The van der Waals surface area contributed by atoms with Crippen LogP contribution in [0.3, 0.4) is 0 Å². The summed E-state index contributed by atoms with van der Waals surface area (Å²) in [7, 11) is 1.70. The molecule has 158 valence electrons. The van der Waals surface area contributed by atoms with Gasteiger partial charge in [-0.3, -0.25) is 0 Å². The van der Waals surface area contributed by atoms with Crippen LogP contribution in [0.4, 0.5) is 5.69 Å². The van der Waals surface area contributed by atoms with Crippen LogP contribution >= 0.6 is 24.0 Å². The van der Waals surface area contributed by atoms with Crippen molar-refractivity contribution in [1.82, 2.24) is 10.6 Å². The highest BCUT2D eigenvalue weighted by Crippen LogP contribution is 2.27. The molecule has 7 heteroatoms. The molecular weight excluding hydrogens is 479 g/mol. The summed E-state index contributed by atoms with van der Waals surface area (Å²) in [5, 5.41) is 10.0. The molecule has 0 saturated carbocycles. The summed E-state index contributed by atoms with van der Waals surface area (Å²) in [6, 6.07) is 16.6. The molecular formula is C22H31IN4O2. The first-order valence-electron chi connectivity index (χ1n) is 9.87. The smallest absolute Gasteiger partial charge is 0.191 e. The van der Waals surface area contributed by atoms with Crippen molar-refractivity contribution in [2.24, 2.45) is 4.99 Å². The van der Waals surface area contributed by atoms with Crippen LogP contribution < -0.4 is 20.7 Å². The van der Waals surface area contributed by atoms with Gasteiger partial charge in [-0.15, -0.1) is 24.0 Å². The van der Waals surface area contributed by atoms with E-state index in [4.69, 9.17) is 14.5 Å². The number of benzene rings is 2. The van der Waals surface area contributed by atoms with Crippen LogP contribution in [-0.2, 0) is 17.7 Å². The highest BCUT2D eigenvalue weighted by Gasteiger charge is 2.22. The fraction of sp³-hybridized carbons (Fsp3) is 0.409. The molecule has 2 aromatic carbocycles. The number of hydrogen-bond acceptors (Lipinski definition) is 4. The number of para-hydroxylation sites is 1. The van der Waals surface area contributed by atoms with Crippen LogP contribution in [-0.4, -0.2) is 45.4 Å². The number of fused-ring (bicyclic) bond motifs is 1. The van der Waals surface area contributed by atoms with E-state index in [1.807, 2.05) is 12.1 Å². The average molecular weight is 510 g/mol. The second-order valence-electron chi connectivity index (χ2n) is 6.74. The molecule has 29 heavy (non-hydrogen) atoms. The summed E-state index contributed by atoms with van der Waals surface area (Å²) in [6.07, 6.45) is 1.07. The molecule has 0 amide bonds. The molecule has 1 unspecified atom stereocenters. The van der Waals surface area contributed by atoms with Crippen LogP contribution in [0, 0.1) is 0 Å². The van der Waals surface area contributed by atoms with Gasteiger partial charge in [-0.1, -0.05) is 30.3 Å². The molecule has 0 bridgehead atoms. The molecule has 2 aromatic rings. The number of halogens is 1. The Bertz CT molecular complexity index is 743. The highest BCUT2D eigenvalue weighted by molar-refractivity contribution is 14.0. The first-order chi connectivity index (χ1) is 13.8. The predicted molar refractivity (Wildman–Crippen MR) is 130 cm³/mol. The van der Waals surface area contributed by atoms with Gasteiger partial charge in [0.2, 0.25) is 0 Å². The molecule has 3 rings (SSSR count). The zero-order valence-electron chi connectivity index (χ0n) is 17.1. The molecule has 1 aliphatic heterocycles. The van der Waals surface area contributed by atoms with E-state index in [1.54, 1.807) is 7.11 Å². The van der Waals surface area contributed by atoms with E-state index < -0.39 is 0 Å². The maximum absolute atomic E-state index is 5.99. The molecule has 1 heterocycles. The van der Waals surface area contributed by atoms with Crippen LogP contribution in [0.2, 0.25) is 0 Å². The van der Waals surface area contributed by atoms with Crippen molar-refractivity contribution in [3.05, 3.63) is 59.7 Å². The summed E-state index contributed by atoms with van der Waals surface area (Å²) < 4.78 is 11.0. The Labute approximate surface area is 190 Å². The second-order valence-corrected chi connectivity index (χ2v) is 6.74. The van der Waals surface area contributed by atoms with Gasteiger partial charge < -0.3 is 25.4 Å². The van der Waals surface area contributed by atoms with Gasteiger partial charge in [-0.2, -0.15) is 0 Å². The molecule has 0 saturated heterocycles. The average Bonchev–Trinajstić information content (AvgIpc) is 3.14. The first-order valence-corrected chi connectivity index (χ1v) is 9.87. The number of guanidine groups is 1.